The highest BCUT2D eigenvalue weighted by molar-refractivity contribution is 5.97. The predicted octanol–water partition coefficient (Wildman–Crippen LogP) is 1.07. The second kappa shape index (κ2) is 6.98. The molecule has 0 bridgehead atoms. The standard InChI is InChI=1S/C12H16O3.H2O/c1-9(2)12(14)10-3-5-11(6-4-10)15-8-7-13;/h3-6,9,13H,7-8H2,1-2H3;1H2. The van der Waals surface area contributed by atoms with E-state index in [1.807, 2.05) is 13.8 Å². The van der Waals surface area contributed by atoms with E-state index in [0.717, 1.165) is 0 Å². The van der Waals surface area contributed by atoms with Gasteiger partial charge in [0.15, 0.2) is 5.78 Å². The molecule has 0 atom stereocenters. The molecule has 0 saturated carbocycles. The molecule has 1 rings (SSSR count). The van der Waals surface area contributed by atoms with Crippen molar-refractivity contribution in [3.8, 4) is 5.75 Å². The molecule has 0 amide bonds. The van der Waals surface area contributed by atoms with Crippen molar-refractivity contribution in [1.29, 1.82) is 0 Å². The predicted molar refractivity (Wildman–Crippen MR) is 61.8 cm³/mol. The Morgan fingerprint density at radius 2 is 1.88 bits per heavy atom. The van der Waals surface area contributed by atoms with Crippen LogP contribution in [0, 0.1) is 5.92 Å². The van der Waals surface area contributed by atoms with E-state index in [4.69, 9.17) is 9.84 Å². The number of carbonyl (C=O) groups excluding carboxylic acids is 1. The first-order chi connectivity index (χ1) is 7.15. The Kier molecular flexibility index (Phi) is 6.37. The van der Waals surface area contributed by atoms with Gasteiger partial charge in [0.25, 0.3) is 0 Å². The second-order valence-electron chi connectivity index (χ2n) is 3.62. The van der Waals surface area contributed by atoms with Crippen LogP contribution in [0.25, 0.3) is 0 Å². The molecule has 0 heterocycles. The van der Waals surface area contributed by atoms with Gasteiger partial charge in [-0.15, -0.1) is 0 Å². The number of hydrogen-bond donors (Lipinski definition) is 1. The molecule has 0 aromatic heterocycles. The van der Waals surface area contributed by atoms with Gasteiger partial charge >= 0.3 is 0 Å². The number of ketones is 1. The lowest BCUT2D eigenvalue weighted by molar-refractivity contribution is 0.0939. The van der Waals surface area contributed by atoms with E-state index in [2.05, 4.69) is 0 Å². The van der Waals surface area contributed by atoms with Crippen LogP contribution in [0.2, 0.25) is 0 Å². The molecule has 1 aromatic carbocycles. The molecule has 0 unspecified atom stereocenters. The van der Waals surface area contributed by atoms with E-state index < -0.39 is 0 Å². The number of carbonyl (C=O) groups is 1. The lowest BCUT2D eigenvalue weighted by Gasteiger charge is -2.06. The van der Waals surface area contributed by atoms with E-state index in [1.54, 1.807) is 24.3 Å². The molecule has 90 valence electrons. The molecule has 0 saturated heterocycles. The van der Waals surface area contributed by atoms with Crippen LogP contribution in [0.4, 0.5) is 0 Å². The molecule has 1 aromatic rings. The molecule has 0 fully saturated rings. The molecule has 0 radical (unpaired) electrons. The van der Waals surface area contributed by atoms with Crippen molar-refractivity contribution in [3.05, 3.63) is 29.8 Å². The Labute approximate surface area is 95.2 Å². The summed E-state index contributed by atoms with van der Waals surface area (Å²) in [5.41, 5.74) is 0.696. The lowest BCUT2D eigenvalue weighted by Crippen LogP contribution is -2.07. The van der Waals surface area contributed by atoms with Crippen LogP contribution in [-0.2, 0) is 0 Å². The van der Waals surface area contributed by atoms with Gasteiger partial charge in [0.1, 0.15) is 12.4 Å². The first-order valence-corrected chi connectivity index (χ1v) is 5.03. The summed E-state index contributed by atoms with van der Waals surface area (Å²) < 4.78 is 5.19. The second-order valence-corrected chi connectivity index (χ2v) is 3.62. The third-order valence-corrected chi connectivity index (χ3v) is 2.02. The van der Waals surface area contributed by atoms with Crippen molar-refractivity contribution < 1.29 is 20.1 Å². The van der Waals surface area contributed by atoms with Crippen LogP contribution in [0.3, 0.4) is 0 Å². The summed E-state index contributed by atoms with van der Waals surface area (Å²) in [7, 11) is 0. The highest BCUT2D eigenvalue weighted by Crippen LogP contribution is 2.14. The van der Waals surface area contributed by atoms with Gasteiger partial charge in [0.2, 0.25) is 0 Å². The fourth-order valence-corrected chi connectivity index (χ4v) is 1.21. The van der Waals surface area contributed by atoms with Crippen LogP contribution < -0.4 is 4.74 Å². The van der Waals surface area contributed by atoms with E-state index in [1.165, 1.54) is 0 Å². The van der Waals surface area contributed by atoms with Gasteiger partial charge in [0, 0.05) is 11.5 Å². The zero-order chi connectivity index (χ0) is 11.3. The number of rotatable bonds is 5. The number of hydrogen-bond acceptors (Lipinski definition) is 3. The molecule has 0 aliphatic rings. The summed E-state index contributed by atoms with van der Waals surface area (Å²) in [5, 5.41) is 8.56. The minimum absolute atomic E-state index is 0. The van der Waals surface area contributed by atoms with Crippen molar-refractivity contribution >= 4 is 5.78 Å². The summed E-state index contributed by atoms with van der Waals surface area (Å²) in [4.78, 5) is 11.6. The maximum Gasteiger partial charge on any atom is 0.165 e. The van der Waals surface area contributed by atoms with Gasteiger partial charge in [-0.2, -0.15) is 0 Å². The monoisotopic (exact) mass is 226 g/mol. The molecule has 4 nitrogen and oxygen atoms in total. The third-order valence-electron chi connectivity index (χ3n) is 2.02. The molecular weight excluding hydrogens is 208 g/mol. The maximum absolute atomic E-state index is 11.6. The molecule has 3 N–H and O–H groups in total. The van der Waals surface area contributed by atoms with Gasteiger partial charge in [-0.3, -0.25) is 4.79 Å². The van der Waals surface area contributed by atoms with Crippen molar-refractivity contribution in [3.63, 3.8) is 0 Å². The number of aliphatic hydroxyl groups excluding tert-OH is 1. The van der Waals surface area contributed by atoms with Crippen molar-refractivity contribution in [1.82, 2.24) is 0 Å². The van der Waals surface area contributed by atoms with Gasteiger partial charge < -0.3 is 15.3 Å². The smallest absolute Gasteiger partial charge is 0.165 e. The largest absolute Gasteiger partial charge is 0.491 e. The average Bonchev–Trinajstić information content (AvgIpc) is 2.26. The number of Topliss-reactive ketones (excluding diaryl/α,β-unsaturated/α-hetero) is 1. The van der Waals surface area contributed by atoms with Crippen LogP contribution in [0.5, 0.6) is 5.75 Å². The molecule has 0 spiro atoms. The summed E-state index contributed by atoms with van der Waals surface area (Å²) in [6, 6.07) is 6.97. The zero-order valence-electron chi connectivity index (χ0n) is 9.56. The Morgan fingerprint density at radius 3 is 2.31 bits per heavy atom. The Bertz CT molecular complexity index is 316. The van der Waals surface area contributed by atoms with Crippen molar-refractivity contribution in [2.24, 2.45) is 5.92 Å². The summed E-state index contributed by atoms with van der Waals surface area (Å²) in [5.74, 6) is 0.808. The van der Waals surface area contributed by atoms with Crippen LogP contribution in [0.1, 0.15) is 24.2 Å². The summed E-state index contributed by atoms with van der Waals surface area (Å²) in [6.07, 6.45) is 0. The van der Waals surface area contributed by atoms with Crippen LogP contribution in [0.15, 0.2) is 24.3 Å². The summed E-state index contributed by atoms with van der Waals surface area (Å²) >= 11 is 0. The molecule has 16 heavy (non-hydrogen) atoms. The number of benzene rings is 1. The van der Waals surface area contributed by atoms with Gasteiger partial charge in [0.05, 0.1) is 6.61 Å². The molecular formula is C12H18O4. The SMILES string of the molecule is CC(C)C(=O)c1ccc(OCCO)cc1.O. The van der Waals surface area contributed by atoms with E-state index in [-0.39, 0.29) is 30.4 Å². The van der Waals surface area contributed by atoms with Gasteiger partial charge in [-0.05, 0) is 24.3 Å². The number of aliphatic hydroxyl groups is 1. The van der Waals surface area contributed by atoms with Gasteiger partial charge in [-0.25, -0.2) is 0 Å². The average molecular weight is 226 g/mol. The minimum atomic E-state index is -0.00727. The highest BCUT2D eigenvalue weighted by Gasteiger charge is 2.09. The normalized spacial score (nSPS) is 9.75. The fraction of sp³-hybridized carbons (Fsp3) is 0.417. The topological polar surface area (TPSA) is 78.0 Å². The lowest BCUT2D eigenvalue weighted by atomic mass is 10.0. The third kappa shape index (κ3) is 4.00. The fourth-order valence-electron chi connectivity index (χ4n) is 1.21. The minimum Gasteiger partial charge on any atom is -0.491 e. The summed E-state index contributed by atoms with van der Waals surface area (Å²) in [6.45, 7) is 4.02. The highest BCUT2D eigenvalue weighted by atomic mass is 16.5. The van der Waals surface area contributed by atoms with Crippen molar-refractivity contribution in [2.45, 2.75) is 13.8 Å². The quantitative estimate of drug-likeness (QED) is 0.763. The van der Waals surface area contributed by atoms with Crippen LogP contribution in [-0.4, -0.2) is 29.6 Å². The maximum atomic E-state index is 11.6. The molecule has 0 aliphatic heterocycles. The van der Waals surface area contributed by atoms with E-state index >= 15 is 0 Å². The zero-order valence-corrected chi connectivity index (χ0v) is 9.56. The Morgan fingerprint density at radius 1 is 1.31 bits per heavy atom. The number of ether oxygens (including phenoxy) is 1. The first-order valence-electron chi connectivity index (χ1n) is 5.03. The first kappa shape index (κ1) is 14.6. The van der Waals surface area contributed by atoms with E-state index in [9.17, 15) is 4.79 Å². The van der Waals surface area contributed by atoms with Crippen molar-refractivity contribution in [2.75, 3.05) is 13.2 Å². The Balaban J connectivity index is 0.00000225. The molecule has 4 heteroatoms. The molecule has 0 aliphatic carbocycles. The van der Waals surface area contributed by atoms with E-state index in [0.29, 0.717) is 11.3 Å². The van der Waals surface area contributed by atoms with Gasteiger partial charge in [-0.1, -0.05) is 13.8 Å². The Hall–Kier alpha value is -1.39. The van der Waals surface area contributed by atoms with Crippen LogP contribution >= 0.6 is 0 Å².